The average molecular weight is 283 g/mol. The van der Waals surface area contributed by atoms with Crippen molar-refractivity contribution in [3.8, 4) is 11.5 Å². The van der Waals surface area contributed by atoms with E-state index in [0.717, 1.165) is 11.5 Å². The Hall–Kier alpha value is -2.00. The number of hydrogen-bond donors (Lipinski definition) is 1. The highest BCUT2D eigenvalue weighted by atomic mass is 16.7. The van der Waals surface area contributed by atoms with Crippen molar-refractivity contribution in [2.45, 2.75) is 32.9 Å². The number of rotatable bonds is 4. The van der Waals surface area contributed by atoms with E-state index in [0.29, 0.717) is 12.8 Å². The van der Waals surface area contributed by atoms with E-state index < -0.39 is 0 Å². The molecule has 0 aliphatic carbocycles. The van der Waals surface area contributed by atoms with Crippen LogP contribution in [0.25, 0.3) is 0 Å². The molecule has 3 nitrogen and oxygen atoms in total. The largest absolute Gasteiger partial charge is 0.454 e. The summed E-state index contributed by atoms with van der Waals surface area (Å²) < 4.78 is 10.8. The fourth-order valence-electron chi connectivity index (χ4n) is 2.82. The summed E-state index contributed by atoms with van der Waals surface area (Å²) >= 11 is 0. The van der Waals surface area contributed by atoms with Crippen LogP contribution in [0.2, 0.25) is 0 Å². The number of fused-ring (bicyclic) bond motifs is 1. The molecule has 3 heteroatoms. The molecule has 1 heterocycles. The molecule has 3 rings (SSSR count). The van der Waals surface area contributed by atoms with Crippen LogP contribution >= 0.6 is 0 Å². The molecule has 1 aliphatic heterocycles. The molecule has 0 saturated carbocycles. The van der Waals surface area contributed by atoms with Gasteiger partial charge in [-0.05, 0) is 49.6 Å². The molecular weight excluding hydrogens is 262 g/mol. The smallest absolute Gasteiger partial charge is 0.231 e. The van der Waals surface area contributed by atoms with Crippen molar-refractivity contribution in [1.29, 1.82) is 0 Å². The third-order valence-electron chi connectivity index (χ3n) is 4.05. The van der Waals surface area contributed by atoms with Gasteiger partial charge >= 0.3 is 0 Å². The maximum absolute atomic E-state index is 5.45. The molecule has 2 unspecified atom stereocenters. The van der Waals surface area contributed by atoms with Gasteiger partial charge in [0.25, 0.3) is 0 Å². The van der Waals surface area contributed by atoms with Crippen molar-refractivity contribution in [2.75, 3.05) is 6.79 Å². The lowest BCUT2D eigenvalue weighted by Crippen LogP contribution is -2.23. The van der Waals surface area contributed by atoms with Crippen LogP contribution < -0.4 is 14.8 Å². The van der Waals surface area contributed by atoms with Crippen LogP contribution in [-0.4, -0.2) is 6.79 Å². The summed E-state index contributed by atoms with van der Waals surface area (Å²) in [4.78, 5) is 0. The van der Waals surface area contributed by atoms with E-state index in [4.69, 9.17) is 9.47 Å². The number of hydrogen-bond acceptors (Lipinski definition) is 3. The summed E-state index contributed by atoms with van der Waals surface area (Å²) in [5.41, 5.74) is 3.86. The highest BCUT2D eigenvalue weighted by molar-refractivity contribution is 5.45. The molecule has 0 spiro atoms. The first-order chi connectivity index (χ1) is 10.1. The van der Waals surface area contributed by atoms with Crippen molar-refractivity contribution in [1.82, 2.24) is 5.32 Å². The minimum absolute atomic E-state index is 0.245. The molecule has 0 saturated heterocycles. The van der Waals surface area contributed by atoms with Gasteiger partial charge in [0.15, 0.2) is 11.5 Å². The maximum atomic E-state index is 5.45. The van der Waals surface area contributed by atoms with Crippen LogP contribution in [0.4, 0.5) is 0 Å². The first-order valence-corrected chi connectivity index (χ1v) is 7.36. The Kier molecular flexibility index (Phi) is 3.84. The zero-order chi connectivity index (χ0) is 14.8. The quantitative estimate of drug-likeness (QED) is 0.915. The van der Waals surface area contributed by atoms with Crippen molar-refractivity contribution < 1.29 is 9.47 Å². The van der Waals surface area contributed by atoms with E-state index in [2.05, 4.69) is 62.5 Å². The van der Waals surface area contributed by atoms with Gasteiger partial charge in [-0.3, -0.25) is 0 Å². The van der Waals surface area contributed by atoms with Gasteiger partial charge < -0.3 is 14.8 Å². The normalized spacial score (nSPS) is 15.8. The van der Waals surface area contributed by atoms with Gasteiger partial charge in [0, 0.05) is 12.1 Å². The molecule has 0 fully saturated rings. The highest BCUT2D eigenvalue weighted by Gasteiger charge is 2.17. The Bertz CT molecular complexity index is 639. The summed E-state index contributed by atoms with van der Waals surface area (Å²) in [5, 5.41) is 3.65. The van der Waals surface area contributed by atoms with Gasteiger partial charge in [-0.2, -0.15) is 0 Å². The molecule has 1 aliphatic rings. The van der Waals surface area contributed by atoms with Crippen LogP contribution in [0, 0.1) is 6.92 Å². The SMILES string of the molecule is Cc1ccccc1C(C)NC(C)c1ccc2c(c1)OCO2. The van der Waals surface area contributed by atoms with Crippen LogP contribution in [0.1, 0.15) is 42.6 Å². The minimum Gasteiger partial charge on any atom is -0.454 e. The Morgan fingerprint density at radius 3 is 2.52 bits per heavy atom. The summed E-state index contributed by atoms with van der Waals surface area (Å²) in [7, 11) is 0. The van der Waals surface area contributed by atoms with E-state index >= 15 is 0 Å². The summed E-state index contributed by atoms with van der Waals surface area (Å²) in [5.74, 6) is 1.67. The highest BCUT2D eigenvalue weighted by Crippen LogP contribution is 2.34. The monoisotopic (exact) mass is 283 g/mol. The topological polar surface area (TPSA) is 30.5 Å². The average Bonchev–Trinajstić information content (AvgIpc) is 2.94. The second kappa shape index (κ2) is 5.78. The van der Waals surface area contributed by atoms with Gasteiger partial charge in [-0.25, -0.2) is 0 Å². The third-order valence-corrected chi connectivity index (χ3v) is 4.05. The van der Waals surface area contributed by atoms with E-state index in [-0.39, 0.29) is 6.04 Å². The molecule has 1 N–H and O–H groups in total. The second-order valence-corrected chi connectivity index (χ2v) is 5.58. The van der Waals surface area contributed by atoms with Crippen LogP contribution in [0.5, 0.6) is 11.5 Å². The fourth-order valence-corrected chi connectivity index (χ4v) is 2.82. The van der Waals surface area contributed by atoms with Gasteiger partial charge in [-0.1, -0.05) is 30.3 Å². The number of ether oxygens (including phenoxy) is 2. The second-order valence-electron chi connectivity index (χ2n) is 5.58. The Morgan fingerprint density at radius 1 is 0.952 bits per heavy atom. The van der Waals surface area contributed by atoms with Crippen molar-refractivity contribution in [3.63, 3.8) is 0 Å². The molecule has 0 radical (unpaired) electrons. The Labute approximate surface area is 125 Å². The molecule has 110 valence electrons. The molecule has 0 bridgehead atoms. The Balaban J connectivity index is 1.74. The van der Waals surface area contributed by atoms with Gasteiger partial charge in [0.1, 0.15) is 0 Å². The minimum atomic E-state index is 0.245. The zero-order valence-corrected chi connectivity index (χ0v) is 12.7. The lowest BCUT2D eigenvalue weighted by atomic mass is 10.0. The van der Waals surface area contributed by atoms with Gasteiger partial charge in [0.2, 0.25) is 6.79 Å². The van der Waals surface area contributed by atoms with Crippen molar-refractivity contribution >= 4 is 0 Å². The van der Waals surface area contributed by atoms with Crippen LogP contribution in [0.15, 0.2) is 42.5 Å². The first kappa shape index (κ1) is 14.0. The van der Waals surface area contributed by atoms with Crippen LogP contribution in [-0.2, 0) is 0 Å². The molecule has 21 heavy (non-hydrogen) atoms. The third kappa shape index (κ3) is 2.88. The molecule has 0 aromatic heterocycles. The van der Waals surface area contributed by atoms with Crippen molar-refractivity contribution in [3.05, 3.63) is 59.2 Å². The predicted octanol–water partition coefficient (Wildman–Crippen LogP) is 4.14. The van der Waals surface area contributed by atoms with E-state index in [1.807, 2.05) is 6.07 Å². The number of nitrogens with one attached hydrogen (secondary N) is 1. The van der Waals surface area contributed by atoms with Gasteiger partial charge in [0.05, 0.1) is 0 Å². The lowest BCUT2D eigenvalue weighted by molar-refractivity contribution is 0.174. The zero-order valence-electron chi connectivity index (χ0n) is 12.7. The summed E-state index contributed by atoms with van der Waals surface area (Å²) in [6.45, 7) is 6.84. The molecule has 0 amide bonds. The molecular formula is C18H21NO2. The number of benzene rings is 2. The van der Waals surface area contributed by atoms with E-state index in [9.17, 15) is 0 Å². The summed E-state index contributed by atoms with van der Waals surface area (Å²) in [6, 6.07) is 15.2. The molecule has 2 atom stereocenters. The van der Waals surface area contributed by atoms with E-state index in [1.54, 1.807) is 0 Å². The van der Waals surface area contributed by atoms with E-state index in [1.165, 1.54) is 16.7 Å². The van der Waals surface area contributed by atoms with Crippen molar-refractivity contribution in [2.24, 2.45) is 0 Å². The fraction of sp³-hybridized carbons (Fsp3) is 0.333. The first-order valence-electron chi connectivity index (χ1n) is 7.36. The lowest BCUT2D eigenvalue weighted by Gasteiger charge is -2.22. The molecule has 2 aromatic rings. The Morgan fingerprint density at radius 2 is 1.71 bits per heavy atom. The maximum Gasteiger partial charge on any atom is 0.231 e. The van der Waals surface area contributed by atoms with Gasteiger partial charge in [-0.15, -0.1) is 0 Å². The van der Waals surface area contributed by atoms with Crippen LogP contribution in [0.3, 0.4) is 0 Å². The summed E-state index contributed by atoms with van der Waals surface area (Å²) in [6.07, 6.45) is 0. The standard InChI is InChI=1S/C18H21NO2/c1-12-6-4-5-7-16(12)14(3)19-13(2)15-8-9-17-18(10-15)21-11-20-17/h4-10,13-14,19H,11H2,1-3H3. The predicted molar refractivity (Wildman–Crippen MR) is 83.7 cm³/mol. The number of aryl methyl sites for hydroxylation is 1. The molecule has 2 aromatic carbocycles.